The highest BCUT2D eigenvalue weighted by atomic mass is 16.4. The van der Waals surface area contributed by atoms with Crippen LogP contribution >= 0.6 is 0 Å². The number of carboxylic acids is 1. The minimum absolute atomic E-state index is 0.297. The van der Waals surface area contributed by atoms with E-state index in [0.29, 0.717) is 17.9 Å². The number of aryl methyl sites for hydroxylation is 2. The number of rotatable bonds is 4. The van der Waals surface area contributed by atoms with Crippen molar-refractivity contribution in [1.29, 1.82) is 0 Å². The van der Waals surface area contributed by atoms with E-state index in [4.69, 9.17) is 0 Å². The van der Waals surface area contributed by atoms with Gasteiger partial charge in [0.05, 0.1) is 22.9 Å². The Kier molecular flexibility index (Phi) is 3.01. The van der Waals surface area contributed by atoms with Crippen molar-refractivity contribution in [1.82, 2.24) is 20.0 Å². The quantitative estimate of drug-likeness (QED) is 0.784. The van der Waals surface area contributed by atoms with Gasteiger partial charge in [-0.25, -0.2) is 4.68 Å². The molecule has 0 spiro atoms. The van der Waals surface area contributed by atoms with Gasteiger partial charge in [0.2, 0.25) is 5.91 Å². The second kappa shape index (κ2) is 4.56. The van der Waals surface area contributed by atoms with Gasteiger partial charge in [0.1, 0.15) is 5.82 Å². The zero-order chi connectivity index (χ0) is 16.2. The molecular weight excluding hydrogens is 286 g/mol. The molecule has 2 aromatic heterocycles. The van der Waals surface area contributed by atoms with E-state index < -0.39 is 23.2 Å². The van der Waals surface area contributed by atoms with E-state index in [1.54, 1.807) is 25.6 Å². The fourth-order valence-corrected chi connectivity index (χ4v) is 3.25. The number of aliphatic carboxylic acids is 1. The molecule has 0 aromatic carbocycles. The molecule has 0 saturated heterocycles. The minimum Gasteiger partial charge on any atom is -0.481 e. The third-order valence-corrected chi connectivity index (χ3v) is 4.57. The number of amides is 1. The van der Waals surface area contributed by atoms with Gasteiger partial charge in [0.25, 0.3) is 0 Å². The molecule has 1 fully saturated rings. The Morgan fingerprint density at radius 2 is 2.09 bits per heavy atom. The van der Waals surface area contributed by atoms with Crippen LogP contribution in [-0.2, 0) is 23.1 Å². The molecule has 8 heteroatoms. The largest absolute Gasteiger partial charge is 0.481 e. The fraction of sp³-hybridized carbons (Fsp3) is 0.571. The molecule has 0 radical (unpaired) electrons. The van der Waals surface area contributed by atoms with Crippen LogP contribution in [0.15, 0.2) is 0 Å². The van der Waals surface area contributed by atoms with E-state index in [9.17, 15) is 14.7 Å². The molecule has 22 heavy (non-hydrogen) atoms. The lowest BCUT2D eigenvalue weighted by atomic mass is 10.1. The number of fused-ring (bicyclic) bond motifs is 1. The highest BCUT2D eigenvalue weighted by Crippen LogP contribution is 2.58. The van der Waals surface area contributed by atoms with Gasteiger partial charge < -0.3 is 10.4 Å². The topological polar surface area (TPSA) is 113 Å². The van der Waals surface area contributed by atoms with Crippen molar-refractivity contribution in [2.75, 3.05) is 5.32 Å². The summed E-state index contributed by atoms with van der Waals surface area (Å²) < 4.78 is 1.65. The molecule has 1 amide bonds. The second-order valence-electron chi connectivity index (χ2n) is 6.33. The molecule has 0 unspecified atom stereocenters. The smallest absolute Gasteiger partial charge is 0.307 e. The number of H-pyrrole nitrogens is 1. The zero-order valence-corrected chi connectivity index (χ0v) is 13.0. The molecule has 1 saturated carbocycles. The molecule has 2 atom stereocenters. The first-order chi connectivity index (χ1) is 10.3. The molecule has 118 valence electrons. The van der Waals surface area contributed by atoms with E-state index >= 15 is 0 Å². The summed E-state index contributed by atoms with van der Waals surface area (Å²) in [4.78, 5) is 23.6. The summed E-state index contributed by atoms with van der Waals surface area (Å²) in [5.41, 5.74) is 0.973. The van der Waals surface area contributed by atoms with Gasteiger partial charge in [0, 0.05) is 7.05 Å². The third-order valence-electron chi connectivity index (χ3n) is 4.57. The Hall–Kier alpha value is -2.38. The maximum atomic E-state index is 12.4. The van der Waals surface area contributed by atoms with Crippen LogP contribution in [0.5, 0.6) is 0 Å². The molecule has 3 rings (SSSR count). The van der Waals surface area contributed by atoms with Crippen molar-refractivity contribution in [3.63, 3.8) is 0 Å². The molecular formula is C14H19N5O3. The average Bonchev–Trinajstić information content (AvgIpc) is 2.73. The highest BCUT2D eigenvalue weighted by Gasteiger charge is 2.66. The lowest BCUT2D eigenvalue weighted by Gasteiger charge is -2.04. The summed E-state index contributed by atoms with van der Waals surface area (Å²) in [6, 6.07) is 0. The van der Waals surface area contributed by atoms with Gasteiger partial charge >= 0.3 is 5.97 Å². The molecule has 0 bridgehead atoms. The fourth-order valence-electron chi connectivity index (χ4n) is 3.25. The van der Waals surface area contributed by atoms with E-state index in [-0.39, 0.29) is 5.91 Å². The molecule has 3 N–H and O–H groups in total. The van der Waals surface area contributed by atoms with Crippen molar-refractivity contribution in [3.8, 4) is 0 Å². The van der Waals surface area contributed by atoms with Gasteiger partial charge in [-0.2, -0.15) is 10.2 Å². The maximum absolute atomic E-state index is 12.4. The molecule has 2 aromatic rings. The maximum Gasteiger partial charge on any atom is 0.307 e. The Bertz CT molecular complexity index is 773. The molecule has 2 heterocycles. The Labute approximate surface area is 126 Å². The number of aromatic amines is 1. The Balaban J connectivity index is 1.88. The number of nitrogens with one attached hydrogen (secondary N) is 2. The van der Waals surface area contributed by atoms with Crippen molar-refractivity contribution in [3.05, 3.63) is 5.69 Å². The molecule has 1 aliphatic carbocycles. The van der Waals surface area contributed by atoms with Gasteiger partial charge in [-0.1, -0.05) is 20.8 Å². The predicted octanol–water partition coefficient (Wildman–Crippen LogP) is 1.15. The van der Waals surface area contributed by atoms with Crippen molar-refractivity contribution < 1.29 is 14.7 Å². The molecule has 0 aliphatic heterocycles. The number of carbonyl (C=O) groups is 2. The predicted molar refractivity (Wildman–Crippen MR) is 79.3 cm³/mol. The number of anilines is 1. The van der Waals surface area contributed by atoms with Crippen LogP contribution in [0.4, 0.5) is 5.82 Å². The summed E-state index contributed by atoms with van der Waals surface area (Å²) in [5.74, 6) is -1.93. The highest BCUT2D eigenvalue weighted by molar-refractivity contribution is 6.04. The standard InChI is InChI=1S/C14H19N5O3/c1-5-6-7-10(16-17-11(7)19(4)18-6)15-12(20)8-9(13(21)22)14(8,2)3/h8-9H,5H2,1-4H3,(H,21,22)(H2,15,16,17,20)/t8-,9+/m0/s1. The van der Waals surface area contributed by atoms with E-state index in [2.05, 4.69) is 20.6 Å². The number of hydrogen-bond acceptors (Lipinski definition) is 4. The molecule has 1 aliphatic rings. The normalized spacial score (nSPS) is 22.7. The van der Waals surface area contributed by atoms with Crippen molar-refractivity contribution in [2.24, 2.45) is 24.3 Å². The van der Waals surface area contributed by atoms with Crippen molar-refractivity contribution >= 4 is 28.7 Å². The molecule has 8 nitrogen and oxygen atoms in total. The monoisotopic (exact) mass is 305 g/mol. The summed E-state index contributed by atoms with van der Waals surface area (Å²) in [5, 5.41) is 24.1. The van der Waals surface area contributed by atoms with Crippen LogP contribution in [-0.4, -0.2) is 37.0 Å². The Morgan fingerprint density at radius 1 is 1.41 bits per heavy atom. The lowest BCUT2D eigenvalue weighted by Crippen LogP contribution is -2.18. The summed E-state index contributed by atoms with van der Waals surface area (Å²) in [7, 11) is 1.79. The van der Waals surface area contributed by atoms with Gasteiger partial charge in [-0.05, 0) is 11.8 Å². The first-order valence-corrected chi connectivity index (χ1v) is 7.22. The zero-order valence-electron chi connectivity index (χ0n) is 13.0. The van der Waals surface area contributed by atoms with Gasteiger partial charge in [-0.15, -0.1) is 0 Å². The second-order valence-corrected chi connectivity index (χ2v) is 6.33. The Morgan fingerprint density at radius 3 is 2.64 bits per heavy atom. The van der Waals surface area contributed by atoms with Crippen LogP contribution in [0.2, 0.25) is 0 Å². The first kappa shape index (κ1) is 14.6. The van der Waals surface area contributed by atoms with Crippen LogP contribution in [0.3, 0.4) is 0 Å². The SMILES string of the molecule is CCc1nn(C)c2n[nH]c(NC(=O)[C@@H]3[C@H](C(=O)O)C3(C)C)c12. The van der Waals surface area contributed by atoms with E-state index in [1.165, 1.54) is 0 Å². The third kappa shape index (κ3) is 1.90. The number of aromatic nitrogens is 4. The summed E-state index contributed by atoms with van der Waals surface area (Å²) in [6.07, 6.45) is 0.715. The van der Waals surface area contributed by atoms with Crippen molar-refractivity contribution in [2.45, 2.75) is 27.2 Å². The van der Waals surface area contributed by atoms with Crippen LogP contribution in [0.25, 0.3) is 11.0 Å². The number of carbonyl (C=O) groups excluding carboxylic acids is 1. The van der Waals surface area contributed by atoms with Gasteiger partial charge in [0.15, 0.2) is 5.65 Å². The minimum atomic E-state index is -0.935. The lowest BCUT2D eigenvalue weighted by molar-refractivity contribution is -0.140. The van der Waals surface area contributed by atoms with Crippen LogP contribution < -0.4 is 5.32 Å². The average molecular weight is 305 g/mol. The summed E-state index contributed by atoms with van der Waals surface area (Å²) in [6.45, 7) is 5.56. The van der Waals surface area contributed by atoms with Gasteiger partial charge in [-0.3, -0.25) is 14.7 Å². The number of nitrogens with zero attached hydrogens (tertiary/aromatic N) is 3. The van der Waals surface area contributed by atoms with E-state index in [1.807, 2.05) is 6.92 Å². The number of carboxylic acid groups (broad SMARTS) is 1. The number of hydrogen-bond donors (Lipinski definition) is 3. The van der Waals surface area contributed by atoms with E-state index in [0.717, 1.165) is 11.1 Å². The first-order valence-electron chi connectivity index (χ1n) is 7.22. The van der Waals surface area contributed by atoms with Crippen LogP contribution in [0.1, 0.15) is 26.5 Å². The summed E-state index contributed by atoms with van der Waals surface area (Å²) >= 11 is 0. The van der Waals surface area contributed by atoms with Crippen LogP contribution in [0, 0.1) is 17.3 Å².